The zero-order valence-electron chi connectivity index (χ0n) is 14.4. The number of urea groups is 1. The normalized spacial score (nSPS) is 22.8. The van der Waals surface area contributed by atoms with Crippen molar-refractivity contribution in [2.75, 3.05) is 19.7 Å². The molecule has 132 valence electrons. The van der Waals surface area contributed by atoms with Crippen molar-refractivity contribution in [1.82, 2.24) is 25.0 Å². The number of ether oxygens (including phenoxy) is 1. The molecular formula is C18H23N5O2. The number of carbonyl (C=O) groups is 1. The summed E-state index contributed by atoms with van der Waals surface area (Å²) in [6.45, 7) is 2.10. The van der Waals surface area contributed by atoms with Crippen molar-refractivity contribution < 1.29 is 9.53 Å². The van der Waals surface area contributed by atoms with Gasteiger partial charge in [0.15, 0.2) is 0 Å². The molecule has 0 bridgehead atoms. The molecule has 2 aliphatic heterocycles. The fourth-order valence-electron chi connectivity index (χ4n) is 3.77. The maximum absolute atomic E-state index is 12.8. The van der Waals surface area contributed by atoms with Crippen molar-refractivity contribution in [1.29, 1.82) is 0 Å². The summed E-state index contributed by atoms with van der Waals surface area (Å²) in [5.41, 5.74) is 1.06. The molecule has 7 nitrogen and oxygen atoms in total. The Labute approximate surface area is 147 Å². The van der Waals surface area contributed by atoms with E-state index >= 15 is 0 Å². The van der Waals surface area contributed by atoms with E-state index in [2.05, 4.69) is 15.5 Å². The van der Waals surface area contributed by atoms with E-state index in [0.717, 1.165) is 42.9 Å². The van der Waals surface area contributed by atoms with E-state index < -0.39 is 0 Å². The monoisotopic (exact) mass is 341 g/mol. The summed E-state index contributed by atoms with van der Waals surface area (Å²) in [6, 6.07) is 7.93. The number of para-hydroxylation sites is 1. The summed E-state index contributed by atoms with van der Waals surface area (Å²) in [5, 5.41) is 11.4. The Morgan fingerprint density at radius 2 is 2.20 bits per heavy atom. The first-order valence-electron chi connectivity index (χ1n) is 8.83. The lowest BCUT2D eigenvalue weighted by Gasteiger charge is -2.34. The number of piperidine rings is 1. The van der Waals surface area contributed by atoms with Crippen LogP contribution in [0.3, 0.4) is 0 Å². The highest BCUT2D eigenvalue weighted by Crippen LogP contribution is 2.32. The van der Waals surface area contributed by atoms with Crippen molar-refractivity contribution in [3.63, 3.8) is 0 Å². The van der Waals surface area contributed by atoms with Crippen LogP contribution in [0, 0.1) is 0 Å². The molecule has 2 atom stereocenters. The molecule has 3 heterocycles. The molecule has 0 aliphatic carbocycles. The molecule has 2 aliphatic rings. The summed E-state index contributed by atoms with van der Waals surface area (Å²) in [5.74, 6) is 2.07. The summed E-state index contributed by atoms with van der Waals surface area (Å²) < 4.78 is 7.62. The van der Waals surface area contributed by atoms with Crippen molar-refractivity contribution in [2.24, 2.45) is 7.05 Å². The van der Waals surface area contributed by atoms with E-state index in [1.165, 1.54) is 0 Å². The lowest BCUT2D eigenvalue weighted by molar-refractivity contribution is 0.168. The topological polar surface area (TPSA) is 72.3 Å². The average Bonchev–Trinajstić information content (AvgIpc) is 3.08. The van der Waals surface area contributed by atoms with E-state index in [-0.39, 0.29) is 18.0 Å². The predicted molar refractivity (Wildman–Crippen MR) is 92.4 cm³/mol. The minimum absolute atomic E-state index is 0.00595. The lowest BCUT2D eigenvalue weighted by atomic mass is 9.97. The number of likely N-dealkylation sites (tertiary alicyclic amines) is 1. The largest absolute Gasteiger partial charge is 0.493 e. The Balaban J connectivity index is 1.44. The SMILES string of the molecule is Cn1cnnc1C1CCCN(C(=O)NC2CCOc3ccccc32)C1. The molecule has 1 saturated heterocycles. The highest BCUT2D eigenvalue weighted by Gasteiger charge is 2.30. The minimum Gasteiger partial charge on any atom is -0.493 e. The van der Waals surface area contributed by atoms with Crippen molar-refractivity contribution >= 4 is 6.03 Å². The maximum atomic E-state index is 12.8. The highest BCUT2D eigenvalue weighted by molar-refractivity contribution is 5.75. The first kappa shape index (κ1) is 15.9. The molecule has 2 aromatic rings. The average molecular weight is 341 g/mol. The molecule has 1 N–H and O–H groups in total. The molecule has 0 radical (unpaired) electrons. The molecule has 0 spiro atoms. The van der Waals surface area contributed by atoms with Crippen LogP contribution in [0.1, 0.15) is 42.6 Å². The predicted octanol–water partition coefficient (Wildman–Crippen LogP) is 2.23. The van der Waals surface area contributed by atoms with Gasteiger partial charge in [-0.2, -0.15) is 0 Å². The third-order valence-corrected chi connectivity index (χ3v) is 5.08. The molecule has 2 amide bonds. The molecule has 1 aromatic heterocycles. The van der Waals surface area contributed by atoms with Gasteiger partial charge in [-0.25, -0.2) is 4.79 Å². The van der Waals surface area contributed by atoms with Gasteiger partial charge in [-0.15, -0.1) is 10.2 Å². The summed E-state index contributed by atoms with van der Waals surface area (Å²) in [6.07, 6.45) is 4.53. The van der Waals surface area contributed by atoms with Gasteiger partial charge < -0.3 is 19.5 Å². The van der Waals surface area contributed by atoms with Gasteiger partial charge >= 0.3 is 6.03 Å². The van der Waals surface area contributed by atoms with E-state index in [4.69, 9.17) is 4.74 Å². The minimum atomic E-state index is -0.00595. The van der Waals surface area contributed by atoms with Gasteiger partial charge in [-0.3, -0.25) is 0 Å². The number of rotatable bonds is 2. The lowest BCUT2D eigenvalue weighted by Crippen LogP contribution is -2.47. The summed E-state index contributed by atoms with van der Waals surface area (Å²) >= 11 is 0. The van der Waals surface area contributed by atoms with E-state index in [9.17, 15) is 4.79 Å². The fourth-order valence-corrected chi connectivity index (χ4v) is 3.77. The summed E-state index contributed by atoms with van der Waals surface area (Å²) in [7, 11) is 1.95. The Kier molecular flexibility index (Phi) is 4.29. The second kappa shape index (κ2) is 6.74. The number of fused-ring (bicyclic) bond motifs is 1. The molecule has 0 saturated carbocycles. The highest BCUT2D eigenvalue weighted by atomic mass is 16.5. The number of amides is 2. The Bertz CT molecular complexity index is 759. The van der Waals surface area contributed by atoms with Gasteiger partial charge in [0.1, 0.15) is 17.9 Å². The number of aryl methyl sites for hydroxylation is 1. The van der Waals surface area contributed by atoms with Gasteiger partial charge in [0.25, 0.3) is 0 Å². The van der Waals surface area contributed by atoms with Crippen molar-refractivity contribution in [2.45, 2.75) is 31.2 Å². The van der Waals surface area contributed by atoms with Crippen molar-refractivity contribution in [3.05, 3.63) is 42.0 Å². The number of nitrogens with zero attached hydrogens (tertiary/aromatic N) is 4. The van der Waals surface area contributed by atoms with Crippen LogP contribution in [0.4, 0.5) is 4.79 Å². The maximum Gasteiger partial charge on any atom is 0.317 e. The van der Waals surface area contributed by atoms with Crippen LogP contribution in [0.15, 0.2) is 30.6 Å². The molecule has 4 rings (SSSR count). The number of nitrogens with one attached hydrogen (secondary N) is 1. The number of hydrogen-bond donors (Lipinski definition) is 1. The molecule has 2 unspecified atom stereocenters. The molecule has 1 fully saturated rings. The van der Waals surface area contributed by atoms with Gasteiger partial charge in [-0.05, 0) is 18.9 Å². The van der Waals surface area contributed by atoms with Crippen LogP contribution >= 0.6 is 0 Å². The quantitative estimate of drug-likeness (QED) is 0.909. The van der Waals surface area contributed by atoms with Crippen LogP contribution in [-0.4, -0.2) is 45.4 Å². The first-order chi connectivity index (χ1) is 12.2. The number of benzene rings is 1. The van der Waals surface area contributed by atoms with Crippen LogP contribution in [0.2, 0.25) is 0 Å². The zero-order valence-corrected chi connectivity index (χ0v) is 14.4. The van der Waals surface area contributed by atoms with Crippen LogP contribution in [0.5, 0.6) is 5.75 Å². The van der Waals surface area contributed by atoms with Crippen molar-refractivity contribution in [3.8, 4) is 5.75 Å². The molecule has 25 heavy (non-hydrogen) atoms. The number of aromatic nitrogens is 3. The van der Waals surface area contributed by atoms with Gasteiger partial charge in [-0.1, -0.05) is 18.2 Å². The van der Waals surface area contributed by atoms with E-state index in [1.54, 1.807) is 6.33 Å². The van der Waals surface area contributed by atoms with Gasteiger partial charge in [0.2, 0.25) is 0 Å². The van der Waals surface area contributed by atoms with Gasteiger partial charge in [0, 0.05) is 38.0 Å². The first-order valence-corrected chi connectivity index (χ1v) is 8.83. The smallest absolute Gasteiger partial charge is 0.317 e. The zero-order chi connectivity index (χ0) is 17.2. The van der Waals surface area contributed by atoms with Crippen LogP contribution < -0.4 is 10.1 Å². The number of hydrogen-bond acceptors (Lipinski definition) is 4. The molecule has 7 heteroatoms. The van der Waals surface area contributed by atoms with Crippen LogP contribution in [-0.2, 0) is 7.05 Å². The Hall–Kier alpha value is -2.57. The summed E-state index contributed by atoms with van der Waals surface area (Å²) in [4.78, 5) is 14.7. The Morgan fingerprint density at radius 3 is 3.04 bits per heavy atom. The van der Waals surface area contributed by atoms with Gasteiger partial charge in [0.05, 0.1) is 12.6 Å². The second-order valence-corrected chi connectivity index (χ2v) is 6.76. The van der Waals surface area contributed by atoms with E-state index in [0.29, 0.717) is 13.2 Å². The third-order valence-electron chi connectivity index (χ3n) is 5.08. The Morgan fingerprint density at radius 1 is 1.32 bits per heavy atom. The third kappa shape index (κ3) is 3.18. The van der Waals surface area contributed by atoms with Crippen LogP contribution in [0.25, 0.3) is 0 Å². The standard InChI is InChI=1S/C18H23N5O2/c1-22-12-19-21-17(22)13-5-4-9-23(11-13)18(24)20-15-8-10-25-16-7-3-2-6-14(15)16/h2-3,6-7,12-13,15H,4-5,8-11H2,1H3,(H,20,24). The van der Waals surface area contributed by atoms with E-state index in [1.807, 2.05) is 40.8 Å². The number of carbonyl (C=O) groups excluding carboxylic acids is 1. The molecule has 1 aromatic carbocycles. The second-order valence-electron chi connectivity index (χ2n) is 6.76. The molecular weight excluding hydrogens is 318 g/mol. The fraction of sp³-hybridized carbons (Fsp3) is 0.500.